The SMILES string of the molecule is CCN(CC)CCNC(=O)COc1ccc(-c2ccccc2)cc1Br. The molecule has 1 amide bonds. The Morgan fingerprint density at radius 3 is 2.44 bits per heavy atom. The largest absolute Gasteiger partial charge is 0.483 e. The van der Waals surface area contributed by atoms with Gasteiger partial charge in [-0.15, -0.1) is 0 Å². The van der Waals surface area contributed by atoms with E-state index in [4.69, 9.17) is 4.74 Å². The smallest absolute Gasteiger partial charge is 0.257 e. The quantitative estimate of drug-likeness (QED) is 0.687. The minimum absolute atomic E-state index is 0.0154. The summed E-state index contributed by atoms with van der Waals surface area (Å²) in [6.07, 6.45) is 0. The molecule has 0 unspecified atom stereocenters. The number of likely N-dealkylation sites (N-methyl/N-ethyl adjacent to an activating group) is 1. The van der Waals surface area contributed by atoms with Crippen LogP contribution in [0, 0.1) is 0 Å². The Morgan fingerprint density at radius 1 is 1.08 bits per heavy atom. The normalized spacial score (nSPS) is 10.7. The topological polar surface area (TPSA) is 41.6 Å². The predicted molar refractivity (Wildman–Crippen MR) is 106 cm³/mol. The van der Waals surface area contributed by atoms with E-state index in [0.717, 1.165) is 35.2 Å². The van der Waals surface area contributed by atoms with Gasteiger partial charge in [-0.3, -0.25) is 4.79 Å². The van der Waals surface area contributed by atoms with E-state index in [1.807, 2.05) is 36.4 Å². The number of hydrogen-bond donors (Lipinski definition) is 1. The second kappa shape index (κ2) is 10.2. The maximum atomic E-state index is 11.9. The summed E-state index contributed by atoms with van der Waals surface area (Å²) in [5.74, 6) is 0.560. The van der Waals surface area contributed by atoms with Gasteiger partial charge >= 0.3 is 0 Å². The molecule has 0 aliphatic carbocycles. The molecule has 4 nitrogen and oxygen atoms in total. The standard InChI is InChI=1S/C20H25BrN2O2/c1-3-23(4-2)13-12-22-20(24)15-25-19-11-10-17(14-18(19)21)16-8-6-5-7-9-16/h5-11,14H,3-4,12-13,15H2,1-2H3,(H,22,24). The molecule has 0 aliphatic rings. The van der Waals surface area contributed by atoms with Crippen LogP contribution >= 0.6 is 15.9 Å². The molecule has 2 rings (SSSR count). The predicted octanol–water partition coefficient (Wildman–Crippen LogP) is 3.95. The van der Waals surface area contributed by atoms with Gasteiger partial charge in [0.15, 0.2) is 6.61 Å². The van der Waals surface area contributed by atoms with Crippen molar-refractivity contribution in [1.29, 1.82) is 0 Å². The lowest BCUT2D eigenvalue weighted by Gasteiger charge is -2.18. The van der Waals surface area contributed by atoms with Crippen LogP contribution < -0.4 is 10.1 Å². The highest BCUT2D eigenvalue weighted by molar-refractivity contribution is 9.10. The zero-order chi connectivity index (χ0) is 18.1. The molecular formula is C20H25BrN2O2. The van der Waals surface area contributed by atoms with Gasteiger partial charge in [0.2, 0.25) is 0 Å². The van der Waals surface area contributed by atoms with Crippen LogP contribution in [0.15, 0.2) is 53.0 Å². The summed E-state index contributed by atoms with van der Waals surface area (Å²) in [5.41, 5.74) is 2.24. The van der Waals surface area contributed by atoms with Crippen LogP contribution in [0.4, 0.5) is 0 Å². The zero-order valence-corrected chi connectivity index (χ0v) is 16.4. The van der Waals surface area contributed by atoms with Crippen molar-refractivity contribution in [2.45, 2.75) is 13.8 Å². The maximum Gasteiger partial charge on any atom is 0.257 e. The monoisotopic (exact) mass is 404 g/mol. The first-order chi connectivity index (χ1) is 12.1. The molecular weight excluding hydrogens is 380 g/mol. The lowest BCUT2D eigenvalue weighted by molar-refractivity contribution is -0.123. The lowest BCUT2D eigenvalue weighted by Crippen LogP contribution is -2.36. The molecule has 2 aromatic rings. The minimum Gasteiger partial charge on any atom is -0.483 e. The minimum atomic E-state index is -0.105. The van der Waals surface area contributed by atoms with Gasteiger partial charge in [-0.25, -0.2) is 0 Å². The third-order valence-corrected chi connectivity index (χ3v) is 4.66. The summed E-state index contributed by atoms with van der Waals surface area (Å²) in [6.45, 7) is 7.72. The third-order valence-electron chi connectivity index (χ3n) is 4.04. The van der Waals surface area contributed by atoms with Gasteiger partial charge in [-0.1, -0.05) is 50.2 Å². The Balaban J connectivity index is 1.83. The van der Waals surface area contributed by atoms with Crippen LogP contribution in [0.2, 0.25) is 0 Å². The number of amides is 1. The second-order valence-electron chi connectivity index (χ2n) is 5.68. The number of carbonyl (C=O) groups is 1. The van der Waals surface area contributed by atoms with E-state index in [0.29, 0.717) is 12.3 Å². The van der Waals surface area contributed by atoms with Gasteiger partial charge in [-0.05, 0) is 52.3 Å². The Bertz CT molecular complexity index is 673. The summed E-state index contributed by atoms with van der Waals surface area (Å²) in [6, 6.07) is 16.0. The van der Waals surface area contributed by atoms with E-state index < -0.39 is 0 Å². The van der Waals surface area contributed by atoms with Gasteiger partial charge in [0.1, 0.15) is 5.75 Å². The Morgan fingerprint density at radius 2 is 1.80 bits per heavy atom. The fraction of sp³-hybridized carbons (Fsp3) is 0.350. The molecule has 0 aliphatic heterocycles. The van der Waals surface area contributed by atoms with Crippen LogP contribution in [0.25, 0.3) is 11.1 Å². The van der Waals surface area contributed by atoms with Crippen molar-refractivity contribution >= 4 is 21.8 Å². The summed E-state index contributed by atoms with van der Waals surface area (Å²) < 4.78 is 6.46. The molecule has 2 aromatic carbocycles. The molecule has 134 valence electrons. The second-order valence-corrected chi connectivity index (χ2v) is 6.53. The third kappa shape index (κ3) is 6.18. The highest BCUT2D eigenvalue weighted by Crippen LogP contribution is 2.30. The van der Waals surface area contributed by atoms with E-state index in [9.17, 15) is 4.79 Å². The van der Waals surface area contributed by atoms with E-state index >= 15 is 0 Å². The summed E-state index contributed by atoms with van der Waals surface area (Å²) >= 11 is 3.52. The maximum absolute atomic E-state index is 11.9. The zero-order valence-electron chi connectivity index (χ0n) is 14.8. The van der Waals surface area contributed by atoms with Gasteiger partial charge in [0, 0.05) is 13.1 Å². The first kappa shape index (κ1) is 19.5. The van der Waals surface area contributed by atoms with Gasteiger partial charge < -0.3 is 15.0 Å². The van der Waals surface area contributed by atoms with Crippen molar-refractivity contribution in [3.63, 3.8) is 0 Å². The van der Waals surface area contributed by atoms with Crippen LogP contribution in [0.3, 0.4) is 0 Å². The average molecular weight is 405 g/mol. The van der Waals surface area contributed by atoms with Crippen molar-refractivity contribution in [2.75, 3.05) is 32.8 Å². The molecule has 0 radical (unpaired) electrons. The average Bonchev–Trinajstić information content (AvgIpc) is 2.65. The van der Waals surface area contributed by atoms with Crippen molar-refractivity contribution < 1.29 is 9.53 Å². The molecule has 1 N–H and O–H groups in total. The molecule has 0 saturated heterocycles. The number of nitrogens with one attached hydrogen (secondary N) is 1. The number of hydrogen-bond acceptors (Lipinski definition) is 3. The number of rotatable bonds is 9. The van der Waals surface area contributed by atoms with E-state index in [-0.39, 0.29) is 12.5 Å². The number of halogens is 1. The lowest BCUT2D eigenvalue weighted by atomic mass is 10.1. The Labute approximate surface area is 158 Å². The van der Waals surface area contributed by atoms with Crippen LogP contribution in [-0.2, 0) is 4.79 Å². The van der Waals surface area contributed by atoms with Gasteiger partial charge in [0.05, 0.1) is 4.47 Å². The Hall–Kier alpha value is -1.85. The summed E-state index contributed by atoms with van der Waals surface area (Å²) in [7, 11) is 0. The molecule has 0 saturated carbocycles. The molecule has 0 heterocycles. The van der Waals surface area contributed by atoms with Crippen molar-refractivity contribution in [3.05, 3.63) is 53.0 Å². The van der Waals surface area contributed by atoms with Gasteiger partial charge in [0.25, 0.3) is 5.91 Å². The molecule has 0 bridgehead atoms. The fourth-order valence-corrected chi connectivity index (χ4v) is 3.01. The number of nitrogens with zero attached hydrogens (tertiary/aromatic N) is 1. The highest BCUT2D eigenvalue weighted by Gasteiger charge is 2.08. The number of benzene rings is 2. The number of ether oxygens (including phenoxy) is 1. The molecule has 25 heavy (non-hydrogen) atoms. The molecule has 0 aromatic heterocycles. The summed E-state index contributed by atoms with van der Waals surface area (Å²) in [5, 5.41) is 2.89. The molecule has 0 spiro atoms. The molecule has 5 heteroatoms. The van der Waals surface area contributed by atoms with Crippen LogP contribution in [-0.4, -0.2) is 43.6 Å². The first-order valence-corrected chi connectivity index (χ1v) is 9.40. The van der Waals surface area contributed by atoms with Crippen molar-refractivity contribution in [1.82, 2.24) is 10.2 Å². The van der Waals surface area contributed by atoms with Crippen molar-refractivity contribution in [2.24, 2.45) is 0 Å². The Kier molecular flexibility index (Phi) is 7.95. The molecule has 0 atom stereocenters. The highest BCUT2D eigenvalue weighted by atomic mass is 79.9. The van der Waals surface area contributed by atoms with E-state index in [2.05, 4.69) is 52.1 Å². The van der Waals surface area contributed by atoms with Crippen LogP contribution in [0.5, 0.6) is 5.75 Å². The van der Waals surface area contributed by atoms with Crippen molar-refractivity contribution in [3.8, 4) is 16.9 Å². The van der Waals surface area contributed by atoms with Gasteiger partial charge in [-0.2, -0.15) is 0 Å². The molecule has 0 fully saturated rings. The fourth-order valence-electron chi connectivity index (χ4n) is 2.52. The summed E-state index contributed by atoms with van der Waals surface area (Å²) in [4.78, 5) is 14.2. The van der Waals surface area contributed by atoms with E-state index in [1.165, 1.54) is 0 Å². The van der Waals surface area contributed by atoms with Crippen LogP contribution in [0.1, 0.15) is 13.8 Å². The first-order valence-electron chi connectivity index (χ1n) is 8.60. The number of carbonyl (C=O) groups excluding carboxylic acids is 1. The van der Waals surface area contributed by atoms with E-state index in [1.54, 1.807) is 0 Å².